The minimum atomic E-state index is 0.604. The van der Waals surface area contributed by atoms with Crippen LogP contribution in [0.2, 0.25) is 0 Å². The first-order valence-electron chi connectivity index (χ1n) is 9.03. The van der Waals surface area contributed by atoms with Crippen molar-refractivity contribution >= 4 is 37.8 Å². The highest BCUT2D eigenvalue weighted by Crippen LogP contribution is 2.25. The Balaban J connectivity index is 0.000000444. The van der Waals surface area contributed by atoms with E-state index in [0.717, 1.165) is 33.5 Å². The predicted molar refractivity (Wildman–Crippen MR) is 113 cm³/mol. The Labute approximate surface area is 158 Å². The molecule has 2 N–H and O–H groups in total. The number of aromatic nitrogens is 4. The highest BCUT2D eigenvalue weighted by atomic mass is 32.1. The molecule has 26 heavy (non-hydrogen) atoms. The summed E-state index contributed by atoms with van der Waals surface area (Å²) in [4.78, 5) is 13.2. The van der Waals surface area contributed by atoms with Crippen LogP contribution in [0.25, 0.3) is 21.4 Å². The minimum absolute atomic E-state index is 0.604. The summed E-state index contributed by atoms with van der Waals surface area (Å²) in [6.07, 6.45) is 4.95. The van der Waals surface area contributed by atoms with Crippen molar-refractivity contribution in [2.75, 3.05) is 5.73 Å². The number of aryl methyl sites for hydroxylation is 1. The van der Waals surface area contributed by atoms with Crippen LogP contribution in [-0.2, 0) is 6.54 Å². The number of nitrogens with two attached hydrogens (primary N) is 1. The number of anilines is 1. The molecule has 0 aliphatic rings. The number of nitrogen functional groups attached to an aromatic ring is 1. The van der Waals surface area contributed by atoms with Gasteiger partial charge in [0.25, 0.3) is 0 Å². The number of pyridine rings is 1. The van der Waals surface area contributed by atoms with Gasteiger partial charge in [0.15, 0.2) is 10.8 Å². The van der Waals surface area contributed by atoms with E-state index in [1.54, 1.807) is 0 Å². The molecule has 0 saturated carbocycles. The van der Waals surface area contributed by atoms with Crippen LogP contribution in [0, 0.1) is 6.92 Å². The first-order valence-corrected chi connectivity index (χ1v) is 9.84. The van der Waals surface area contributed by atoms with Crippen molar-refractivity contribution in [3.63, 3.8) is 0 Å². The smallest absolute Gasteiger partial charge is 0.181 e. The molecule has 0 unspecified atom stereocenters. The number of rotatable bonds is 2. The van der Waals surface area contributed by atoms with Gasteiger partial charge in [0, 0.05) is 6.20 Å². The van der Waals surface area contributed by atoms with Gasteiger partial charge in [-0.1, -0.05) is 51.5 Å². The monoisotopic (exact) mass is 369 g/mol. The van der Waals surface area contributed by atoms with E-state index in [9.17, 15) is 0 Å². The molecular weight excluding hydrogens is 342 g/mol. The zero-order chi connectivity index (χ0) is 19.1. The lowest BCUT2D eigenvalue weighted by Gasteiger charge is -2.04. The van der Waals surface area contributed by atoms with Gasteiger partial charge in [-0.3, -0.25) is 0 Å². The normalized spacial score (nSPS) is 10.2. The fourth-order valence-corrected chi connectivity index (χ4v) is 3.24. The van der Waals surface area contributed by atoms with Crippen LogP contribution in [-0.4, -0.2) is 19.5 Å². The topological polar surface area (TPSA) is 69.6 Å². The summed E-state index contributed by atoms with van der Waals surface area (Å²) in [5.41, 5.74) is 10.8. The molecule has 0 saturated heterocycles. The summed E-state index contributed by atoms with van der Waals surface area (Å²) in [5, 5.41) is 0.604. The molecule has 0 aliphatic heterocycles. The van der Waals surface area contributed by atoms with Gasteiger partial charge in [0.05, 0.1) is 23.1 Å². The highest BCUT2D eigenvalue weighted by molar-refractivity contribution is 7.22. The van der Waals surface area contributed by atoms with Crippen molar-refractivity contribution < 1.29 is 0 Å². The third kappa shape index (κ3) is 4.58. The van der Waals surface area contributed by atoms with Crippen molar-refractivity contribution in [3.05, 3.63) is 47.9 Å². The van der Waals surface area contributed by atoms with Gasteiger partial charge < -0.3 is 10.3 Å². The molecule has 3 aromatic heterocycles. The maximum Gasteiger partial charge on any atom is 0.181 e. The van der Waals surface area contributed by atoms with Crippen LogP contribution in [0.15, 0.2) is 36.8 Å². The van der Waals surface area contributed by atoms with Crippen LogP contribution in [0.3, 0.4) is 0 Å². The molecule has 0 atom stereocenters. The molecule has 0 fully saturated rings. The fourth-order valence-electron chi connectivity index (χ4n) is 2.45. The maximum atomic E-state index is 5.75. The quantitative estimate of drug-likeness (QED) is 0.512. The third-order valence-electron chi connectivity index (χ3n) is 3.41. The Morgan fingerprint density at radius 1 is 1.08 bits per heavy atom. The van der Waals surface area contributed by atoms with Crippen molar-refractivity contribution in [1.29, 1.82) is 0 Å². The zero-order valence-electron chi connectivity index (χ0n) is 16.2. The van der Waals surface area contributed by atoms with Crippen LogP contribution in [0.1, 0.15) is 45.2 Å². The summed E-state index contributed by atoms with van der Waals surface area (Å²) in [6.45, 7) is 11.0. The summed E-state index contributed by atoms with van der Waals surface area (Å²) in [7, 11) is 0. The molecule has 138 valence electrons. The van der Waals surface area contributed by atoms with Crippen LogP contribution >= 0.6 is 11.3 Å². The fraction of sp³-hybridized carbons (Fsp3) is 0.350. The largest absolute Gasteiger partial charge is 0.375 e. The standard InChI is InChI=1S/C15H13N5S.C3H8.C2H6/c1-9-4-12-14(17-6-9)20(8-18-12)7-10-2-3-11-13(5-10)21-15(16)19-11;1-3-2;1-2/h2-6,8H,7H2,1H3,(H2,16,19);3H2,1-2H3;1-2H3. The van der Waals surface area contributed by atoms with Crippen LogP contribution in [0.5, 0.6) is 0 Å². The number of thiazole rings is 1. The van der Waals surface area contributed by atoms with Crippen molar-refractivity contribution in [2.45, 2.75) is 47.6 Å². The lowest BCUT2D eigenvalue weighted by atomic mass is 10.2. The predicted octanol–water partition coefficient (Wildman–Crippen LogP) is 5.42. The van der Waals surface area contributed by atoms with E-state index in [1.807, 2.05) is 45.4 Å². The second-order valence-electron chi connectivity index (χ2n) is 5.79. The lowest BCUT2D eigenvalue weighted by molar-refractivity contribution is 0.815. The second-order valence-corrected chi connectivity index (χ2v) is 6.85. The first-order chi connectivity index (χ1) is 12.6. The van der Waals surface area contributed by atoms with E-state index in [-0.39, 0.29) is 0 Å². The second kappa shape index (κ2) is 9.29. The molecular formula is C20H27N5S. The Hall–Kier alpha value is -2.47. The van der Waals surface area contributed by atoms with Crippen molar-refractivity contribution in [1.82, 2.24) is 19.5 Å². The number of hydrogen-bond donors (Lipinski definition) is 1. The summed E-state index contributed by atoms with van der Waals surface area (Å²) in [5.74, 6) is 0. The number of benzene rings is 1. The molecule has 5 nitrogen and oxygen atoms in total. The number of fused-ring (bicyclic) bond motifs is 2. The third-order valence-corrected chi connectivity index (χ3v) is 4.26. The Bertz CT molecular complexity index is 971. The molecule has 6 heteroatoms. The number of imidazole rings is 1. The van der Waals surface area contributed by atoms with Crippen LogP contribution < -0.4 is 5.73 Å². The van der Waals surface area contributed by atoms with Crippen molar-refractivity contribution in [3.8, 4) is 0 Å². The average molecular weight is 370 g/mol. The zero-order valence-corrected chi connectivity index (χ0v) is 17.0. The minimum Gasteiger partial charge on any atom is -0.375 e. The van der Waals surface area contributed by atoms with Gasteiger partial charge >= 0.3 is 0 Å². The maximum absolute atomic E-state index is 5.75. The molecule has 4 rings (SSSR count). The van der Waals surface area contributed by atoms with E-state index in [4.69, 9.17) is 5.73 Å². The Morgan fingerprint density at radius 2 is 1.81 bits per heavy atom. The summed E-state index contributed by atoms with van der Waals surface area (Å²) < 4.78 is 3.17. The lowest BCUT2D eigenvalue weighted by Crippen LogP contribution is -1.99. The highest BCUT2D eigenvalue weighted by Gasteiger charge is 2.07. The molecule has 1 aromatic carbocycles. The van der Waals surface area contributed by atoms with E-state index < -0.39 is 0 Å². The molecule has 4 aromatic rings. The van der Waals surface area contributed by atoms with Gasteiger partial charge in [0.2, 0.25) is 0 Å². The SMILES string of the molecule is CC.CCC.Cc1cnc2c(c1)ncn2Cc1ccc2nc(N)sc2c1. The van der Waals surface area contributed by atoms with Gasteiger partial charge in [0.1, 0.15) is 5.52 Å². The molecule has 0 amide bonds. The van der Waals surface area contributed by atoms with Gasteiger partial charge in [-0.05, 0) is 36.2 Å². The van der Waals surface area contributed by atoms with E-state index >= 15 is 0 Å². The summed E-state index contributed by atoms with van der Waals surface area (Å²) in [6, 6.07) is 8.26. The molecule has 0 radical (unpaired) electrons. The van der Waals surface area contributed by atoms with Crippen LogP contribution in [0.4, 0.5) is 5.13 Å². The average Bonchev–Trinajstić information content (AvgIpc) is 3.19. The van der Waals surface area contributed by atoms with Crippen molar-refractivity contribution in [2.24, 2.45) is 0 Å². The molecule has 0 aliphatic carbocycles. The van der Waals surface area contributed by atoms with Gasteiger partial charge in [-0.2, -0.15) is 0 Å². The van der Waals surface area contributed by atoms with E-state index in [0.29, 0.717) is 5.13 Å². The summed E-state index contributed by atoms with van der Waals surface area (Å²) >= 11 is 1.51. The Kier molecular flexibility index (Phi) is 7.09. The van der Waals surface area contributed by atoms with E-state index in [1.165, 1.54) is 23.3 Å². The molecule has 0 bridgehead atoms. The Morgan fingerprint density at radius 3 is 2.54 bits per heavy atom. The number of nitrogens with zero attached hydrogens (tertiary/aromatic N) is 4. The number of hydrogen-bond acceptors (Lipinski definition) is 5. The first kappa shape index (κ1) is 19.8. The van der Waals surface area contributed by atoms with E-state index in [2.05, 4.69) is 45.5 Å². The molecule has 0 spiro atoms. The van der Waals surface area contributed by atoms with Gasteiger partial charge in [-0.25, -0.2) is 15.0 Å². The molecule has 3 heterocycles. The van der Waals surface area contributed by atoms with Gasteiger partial charge in [-0.15, -0.1) is 0 Å².